The lowest BCUT2D eigenvalue weighted by molar-refractivity contribution is -0.0265. The van der Waals surface area contributed by atoms with Gasteiger partial charge in [-0.3, -0.25) is 4.90 Å². The van der Waals surface area contributed by atoms with E-state index in [4.69, 9.17) is 4.74 Å². The van der Waals surface area contributed by atoms with E-state index in [0.717, 1.165) is 26.3 Å². The van der Waals surface area contributed by atoms with Crippen LogP contribution in [0.4, 0.5) is 0 Å². The summed E-state index contributed by atoms with van der Waals surface area (Å²) in [6.45, 7) is 12.9. The highest BCUT2D eigenvalue weighted by molar-refractivity contribution is 4.80. The van der Waals surface area contributed by atoms with Crippen LogP contribution < -0.4 is 5.32 Å². The molecule has 0 spiro atoms. The Labute approximate surface area is 94.2 Å². The lowest BCUT2D eigenvalue weighted by Crippen LogP contribution is -2.52. The van der Waals surface area contributed by atoms with Crippen LogP contribution in [0.15, 0.2) is 0 Å². The van der Waals surface area contributed by atoms with E-state index in [9.17, 15) is 0 Å². The van der Waals surface area contributed by atoms with Crippen molar-refractivity contribution in [2.75, 3.05) is 26.3 Å². The summed E-state index contributed by atoms with van der Waals surface area (Å²) >= 11 is 0. The van der Waals surface area contributed by atoms with Gasteiger partial charge in [-0.25, -0.2) is 0 Å². The molecule has 0 radical (unpaired) electrons. The van der Waals surface area contributed by atoms with Crippen molar-refractivity contribution in [3.05, 3.63) is 0 Å². The molecular formula is C12H26N2O. The van der Waals surface area contributed by atoms with Crippen LogP contribution in [0.1, 0.15) is 34.1 Å². The number of rotatable bonds is 5. The van der Waals surface area contributed by atoms with E-state index in [1.165, 1.54) is 6.42 Å². The van der Waals surface area contributed by atoms with E-state index >= 15 is 0 Å². The topological polar surface area (TPSA) is 24.5 Å². The highest BCUT2D eigenvalue weighted by Crippen LogP contribution is 2.13. The van der Waals surface area contributed by atoms with Crippen LogP contribution in [0.5, 0.6) is 0 Å². The third kappa shape index (κ3) is 4.09. The molecule has 1 aliphatic rings. The van der Waals surface area contributed by atoms with Crippen molar-refractivity contribution < 1.29 is 4.74 Å². The average molecular weight is 214 g/mol. The summed E-state index contributed by atoms with van der Waals surface area (Å²) in [4.78, 5) is 2.58. The van der Waals surface area contributed by atoms with E-state index in [1.54, 1.807) is 0 Å². The third-order valence-electron chi connectivity index (χ3n) is 3.13. The maximum absolute atomic E-state index is 5.52. The zero-order valence-corrected chi connectivity index (χ0v) is 10.6. The van der Waals surface area contributed by atoms with Gasteiger partial charge in [-0.1, -0.05) is 20.8 Å². The molecule has 90 valence electrons. The Morgan fingerprint density at radius 2 is 2.13 bits per heavy atom. The highest BCUT2D eigenvalue weighted by atomic mass is 16.5. The van der Waals surface area contributed by atoms with Crippen molar-refractivity contribution in [1.82, 2.24) is 10.2 Å². The number of nitrogens with zero attached hydrogens (tertiary/aromatic N) is 1. The van der Waals surface area contributed by atoms with E-state index in [1.807, 2.05) is 0 Å². The first-order valence-corrected chi connectivity index (χ1v) is 6.22. The Balaban J connectivity index is 2.37. The zero-order valence-electron chi connectivity index (χ0n) is 10.6. The van der Waals surface area contributed by atoms with Gasteiger partial charge in [-0.15, -0.1) is 0 Å². The van der Waals surface area contributed by atoms with Gasteiger partial charge in [-0.05, 0) is 13.3 Å². The summed E-state index contributed by atoms with van der Waals surface area (Å²) in [6, 6.07) is 1.80. The Bertz CT molecular complexity index is 173. The van der Waals surface area contributed by atoms with Crippen molar-refractivity contribution in [3.8, 4) is 0 Å². The van der Waals surface area contributed by atoms with Gasteiger partial charge in [0.15, 0.2) is 0 Å². The average Bonchev–Trinajstić information content (AvgIpc) is 2.25. The quantitative estimate of drug-likeness (QED) is 0.750. The lowest BCUT2D eigenvalue weighted by atomic mass is 10.1. The lowest BCUT2D eigenvalue weighted by Gasteiger charge is -2.39. The Kier molecular flexibility index (Phi) is 5.58. The standard InChI is InChI=1S/C12H26N2O/c1-5-12-9-15-7-6-14(12)11(4)8-13-10(2)3/h10-13H,5-9H2,1-4H3. The minimum absolute atomic E-state index is 0.577. The molecule has 1 saturated heterocycles. The molecule has 0 bridgehead atoms. The molecule has 0 saturated carbocycles. The summed E-state index contributed by atoms with van der Waals surface area (Å²) in [7, 11) is 0. The smallest absolute Gasteiger partial charge is 0.0622 e. The van der Waals surface area contributed by atoms with Gasteiger partial charge < -0.3 is 10.1 Å². The number of hydrogen-bond donors (Lipinski definition) is 1. The molecule has 15 heavy (non-hydrogen) atoms. The van der Waals surface area contributed by atoms with Crippen LogP contribution in [0.25, 0.3) is 0 Å². The molecule has 0 aromatic heterocycles. The summed E-state index contributed by atoms with van der Waals surface area (Å²) in [5.41, 5.74) is 0. The molecule has 1 N–H and O–H groups in total. The predicted octanol–water partition coefficient (Wildman–Crippen LogP) is 1.48. The van der Waals surface area contributed by atoms with E-state index in [-0.39, 0.29) is 0 Å². The van der Waals surface area contributed by atoms with Crippen LogP contribution in [-0.4, -0.2) is 49.3 Å². The van der Waals surface area contributed by atoms with Gasteiger partial charge in [0.2, 0.25) is 0 Å². The molecule has 3 heteroatoms. The van der Waals surface area contributed by atoms with Crippen LogP contribution in [0, 0.1) is 0 Å². The van der Waals surface area contributed by atoms with Crippen molar-refractivity contribution in [1.29, 1.82) is 0 Å². The molecule has 1 aliphatic heterocycles. The second-order valence-corrected chi connectivity index (χ2v) is 4.79. The van der Waals surface area contributed by atoms with Crippen LogP contribution in [-0.2, 0) is 4.74 Å². The second kappa shape index (κ2) is 6.46. The molecule has 0 aromatic rings. The van der Waals surface area contributed by atoms with Gasteiger partial charge in [0, 0.05) is 31.2 Å². The first-order chi connectivity index (χ1) is 7.15. The monoisotopic (exact) mass is 214 g/mol. The maximum Gasteiger partial charge on any atom is 0.0622 e. The summed E-state index contributed by atoms with van der Waals surface area (Å²) in [5.74, 6) is 0. The number of morpholine rings is 1. The summed E-state index contributed by atoms with van der Waals surface area (Å²) in [6.07, 6.45) is 1.19. The van der Waals surface area contributed by atoms with E-state index in [2.05, 4.69) is 37.9 Å². The molecule has 1 rings (SSSR count). The van der Waals surface area contributed by atoms with Crippen molar-refractivity contribution in [2.45, 2.75) is 52.2 Å². The SMILES string of the molecule is CCC1COCCN1C(C)CNC(C)C. The predicted molar refractivity (Wildman–Crippen MR) is 64.2 cm³/mol. The third-order valence-corrected chi connectivity index (χ3v) is 3.13. The maximum atomic E-state index is 5.52. The van der Waals surface area contributed by atoms with Gasteiger partial charge in [0.1, 0.15) is 0 Å². The van der Waals surface area contributed by atoms with E-state index in [0.29, 0.717) is 18.1 Å². The molecule has 1 heterocycles. The Morgan fingerprint density at radius 3 is 2.73 bits per heavy atom. The van der Waals surface area contributed by atoms with Crippen LogP contribution in [0.2, 0.25) is 0 Å². The number of nitrogens with one attached hydrogen (secondary N) is 1. The van der Waals surface area contributed by atoms with E-state index < -0.39 is 0 Å². The van der Waals surface area contributed by atoms with Crippen molar-refractivity contribution in [2.24, 2.45) is 0 Å². The van der Waals surface area contributed by atoms with Gasteiger partial charge >= 0.3 is 0 Å². The summed E-state index contributed by atoms with van der Waals surface area (Å²) < 4.78 is 5.52. The normalized spacial score (nSPS) is 25.8. The first kappa shape index (κ1) is 12.9. The minimum Gasteiger partial charge on any atom is -0.378 e. The number of ether oxygens (including phenoxy) is 1. The molecule has 2 unspecified atom stereocenters. The molecule has 0 aromatic carbocycles. The molecule has 0 aliphatic carbocycles. The minimum atomic E-state index is 0.577. The molecular weight excluding hydrogens is 188 g/mol. The van der Waals surface area contributed by atoms with Gasteiger partial charge in [0.05, 0.1) is 13.2 Å². The molecule has 1 fully saturated rings. The van der Waals surface area contributed by atoms with Crippen molar-refractivity contribution >= 4 is 0 Å². The van der Waals surface area contributed by atoms with Crippen molar-refractivity contribution in [3.63, 3.8) is 0 Å². The Morgan fingerprint density at radius 1 is 1.40 bits per heavy atom. The zero-order chi connectivity index (χ0) is 11.3. The summed E-state index contributed by atoms with van der Waals surface area (Å²) in [5, 5.41) is 3.50. The molecule has 2 atom stereocenters. The Hall–Kier alpha value is -0.120. The second-order valence-electron chi connectivity index (χ2n) is 4.79. The largest absolute Gasteiger partial charge is 0.378 e. The highest BCUT2D eigenvalue weighted by Gasteiger charge is 2.25. The first-order valence-electron chi connectivity index (χ1n) is 6.22. The van der Waals surface area contributed by atoms with Gasteiger partial charge in [-0.2, -0.15) is 0 Å². The molecule has 0 amide bonds. The van der Waals surface area contributed by atoms with Gasteiger partial charge in [0.25, 0.3) is 0 Å². The number of hydrogen-bond acceptors (Lipinski definition) is 3. The fourth-order valence-corrected chi connectivity index (χ4v) is 2.12. The fourth-order valence-electron chi connectivity index (χ4n) is 2.12. The fraction of sp³-hybridized carbons (Fsp3) is 1.00. The van der Waals surface area contributed by atoms with Crippen LogP contribution >= 0.6 is 0 Å². The van der Waals surface area contributed by atoms with Crippen LogP contribution in [0.3, 0.4) is 0 Å². The molecule has 3 nitrogen and oxygen atoms in total.